The van der Waals surface area contributed by atoms with Crippen LogP contribution in [0, 0.1) is 11.8 Å². The Kier molecular flexibility index (Phi) is 2.18. The summed E-state index contributed by atoms with van der Waals surface area (Å²) in [6, 6.07) is 0. The van der Waals surface area contributed by atoms with E-state index in [2.05, 4.69) is 27.7 Å². The fourth-order valence-corrected chi connectivity index (χ4v) is 1.96. The van der Waals surface area contributed by atoms with Gasteiger partial charge < -0.3 is 0 Å². The van der Waals surface area contributed by atoms with Gasteiger partial charge in [0.2, 0.25) is 0 Å². The summed E-state index contributed by atoms with van der Waals surface area (Å²) >= 11 is 0. The van der Waals surface area contributed by atoms with Crippen molar-refractivity contribution in [1.29, 1.82) is 0 Å². The van der Waals surface area contributed by atoms with E-state index in [-0.39, 0.29) is 0 Å². The quantitative estimate of drug-likeness (QED) is 0.487. The predicted molar refractivity (Wildman–Crippen MR) is 45.9 cm³/mol. The fourth-order valence-electron chi connectivity index (χ4n) is 1.96. The van der Waals surface area contributed by atoms with Gasteiger partial charge in [-0.15, -0.1) is 0 Å². The monoisotopic (exact) mass is 138 g/mol. The molecule has 2 unspecified atom stereocenters. The molecule has 0 bridgehead atoms. The number of allylic oxidation sites excluding steroid dienone is 2. The van der Waals surface area contributed by atoms with Crippen LogP contribution in [0.25, 0.3) is 0 Å². The lowest BCUT2D eigenvalue weighted by Crippen LogP contribution is -1.95. The third-order valence-corrected chi connectivity index (χ3v) is 3.10. The zero-order valence-corrected chi connectivity index (χ0v) is 7.57. The van der Waals surface area contributed by atoms with Gasteiger partial charge in [0.1, 0.15) is 0 Å². The molecule has 0 aromatic heterocycles. The van der Waals surface area contributed by atoms with E-state index < -0.39 is 0 Å². The standard InChI is InChI=1S/C10H18/c1-5-10-6-7(2)8(3)9(10)4/h7,10H,5-6H2,1-4H3. The van der Waals surface area contributed by atoms with Gasteiger partial charge in [-0.2, -0.15) is 0 Å². The van der Waals surface area contributed by atoms with E-state index in [1.807, 2.05) is 0 Å². The summed E-state index contributed by atoms with van der Waals surface area (Å²) in [5.41, 5.74) is 3.31. The van der Waals surface area contributed by atoms with Crippen LogP contribution in [0.5, 0.6) is 0 Å². The normalized spacial score (nSPS) is 33.6. The lowest BCUT2D eigenvalue weighted by atomic mass is 9.98. The van der Waals surface area contributed by atoms with E-state index in [1.54, 1.807) is 11.1 Å². The van der Waals surface area contributed by atoms with Crippen LogP contribution < -0.4 is 0 Å². The molecule has 0 aromatic rings. The molecular formula is C10H18. The predicted octanol–water partition coefficient (Wildman–Crippen LogP) is 3.39. The fraction of sp³-hybridized carbons (Fsp3) is 0.800. The molecule has 0 spiro atoms. The highest BCUT2D eigenvalue weighted by Gasteiger charge is 2.23. The molecule has 0 aromatic carbocycles. The average molecular weight is 138 g/mol. The second kappa shape index (κ2) is 2.77. The Hall–Kier alpha value is -0.260. The topological polar surface area (TPSA) is 0 Å². The summed E-state index contributed by atoms with van der Waals surface area (Å²) in [5, 5.41) is 0. The first-order valence-electron chi connectivity index (χ1n) is 4.34. The van der Waals surface area contributed by atoms with Gasteiger partial charge in [-0.3, -0.25) is 0 Å². The number of hydrogen-bond donors (Lipinski definition) is 0. The molecule has 0 saturated heterocycles. The van der Waals surface area contributed by atoms with Gasteiger partial charge in [0, 0.05) is 0 Å². The van der Waals surface area contributed by atoms with Crippen molar-refractivity contribution >= 4 is 0 Å². The van der Waals surface area contributed by atoms with Crippen LogP contribution in [-0.2, 0) is 0 Å². The third kappa shape index (κ3) is 1.12. The number of hydrogen-bond acceptors (Lipinski definition) is 0. The molecule has 0 fully saturated rings. The lowest BCUT2D eigenvalue weighted by Gasteiger charge is -2.07. The first-order chi connectivity index (χ1) is 4.66. The Morgan fingerprint density at radius 1 is 1.30 bits per heavy atom. The number of rotatable bonds is 1. The summed E-state index contributed by atoms with van der Waals surface area (Å²) in [4.78, 5) is 0. The van der Waals surface area contributed by atoms with Crippen molar-refractivity contribution in [3.05, 3.63) is 11.1 Å². The minimum absolute atomic E-state index is 0.852. The van der Waals surface area contributed by atoms with Gasteiger partial charge in [0.05, 0.1) is 0 Å². The van der Waals surface area contributed by atoms with E-state index in [0.717, 1.165) is 11.8 Å². The van der Waals surface area contributed by atoms with Gasteiger partial charge >= 0.3 is 0 Å². The summed E-state index contributed by atoms with van der Waals surface area (Å²) in [6.07, 6.45) is 2.72. The molecule has 0 saturated carbocycles. The largest absolute Gasteiger partial charge is 0.0713 e. The van der Waals surface area contributed by atoms with Crippen molar-refractivity contribution in [2.45, 2.75) is 40.5 Å². The van der Waals surface area contributed by atoms with Crippen molar-refractivity contribution in [2.75, 3.05) is 0 Å². The van der Waals surface area contributed by atoms with Crippen LogP contribution in [0.4, 0.5) is 0 Å². The lowest BCUT2D eigenvalue weighted by molar-refractivity contribution is 0.517. The molecule has 0 heteroatoms. The van der Waals surface area contributed by atoms with Crippen molar-refractivity contribution in [3.63, 3.8) is 0 Å². The second-order valence-corrected chi connectivity index (χ2v) is 3.61. The molecule has 10 heavy (non-hydrogen) atoms. The zero-order valence-electron chi connectivity index (χ0n) is 7.57. The van der Waals surface area contributed by atoms with Crippen molar-refractivity contribution in [3.8, 4) is 0 Å². The Balaban J connectivity index is 2.73. The summed E-state index contributed by atoms with van der Waals surface area (Å²) in [5.74, 6) is 1.75. The van der Waals surface area contributed by atoms with Gasteiger partial charge in [-0.05, 0) is 38.5 Å². The molecule has 1 aliphatic rings. The maximum Gasteiger partial charge on any atom is -0.0200 e. The average Bonchev–Trinajstić information content (AvgIpc) is 2.17. The Morgan fingerprint density at radius 3 is 2.10 bits per heavy atom. The Morgan fingerprint density at radius 2 is 1.90 bits per heavy atom. The van der Waals surface area contributed by atoms with Gasteiger partial charge in [0.25, 0.3) is 0 Å². The molecule has 58 valence electrons. The molecule has 1 aliphatic carbocycles. The van der Waals surface area contributed by atoms with Crippen LogP contribution in [0.1, 0.15) is 40.5 Å². The van der Waals surface area contributed by atoms with Gasteiger partial charge in [-0.25, -0.2) is 0 Å². The Bertz CT molecular complexity index is 153. The highest BCUT2D eigenvalue weighted by Crippen LogP contribution is 2.37. The van der Waals surface area contributed by atoms with Crippen molar-refractivity contribution in [2.24, 2.45) is 11.8 Å². The first-order valence-corrected chi connectivity index (χ1v) is 4.34. The van der Waals surface area contributed by atoms with E-state index in [0.29, 0.717) is 0 Å². The summed E-state index contributed by atoms with van der Waals surface area (Å²) in [6.45, 7) is 9.22. The molecule has 0 N–H and O–H groups in total. The third-order valence-electron chi connectivity index (χ3n) is 3.10. The Labute approximate surface area is 64.3 Å². The summed E-state index contributed by atoms with van der Waals surface area (Å²) in [7, 11) is 0. The maximum absolute atomic E-state index is 2.34. The van der Waals surface area contributed by atoms with Crippen molar-refractivity contribution in [1.82, 2.24) is 0 Å². The molecule has 2 atom stereocenters. The minimum atomic E-state index is 0.852. The van der Waals surface area contributed by atoms with Gasteiger partial charge in [0.15, 0.2) is 0 Å². The molecule has 0 amide bonds. The smallest absolute Gasteiger partial charge is 0.0200 e. The van der Waals surface area contributed by atoms with Crippen LogP contribution in [0.2, 0.25) is 0 Å². The SMILES string of the molecule is CCC1CC(C)C(C)=C1C. The van der Waals surface area contributed by atoms with Crippen molar-refractivity contribution < 1.29 is 0 Å². The van der Waals surface area contributed by atoms with Crippen LogP contribution in [0.15, 0.2) is 11.1 Å². The molecular weight excluding hydrogens is 120 g/mol. The minimum Gasteiger partial charge on any atom is -0.0713 e. The van der Waals surface area contributed by atoms with Crippen LogP contribution in [-0.4, -0.2) is 0 Å². The molecule has 1 rings (SSSR count). The zero-order chi connectivity index (χ0) is 7.72. The van der Waals surface area contributed by atoms with Gasteiger partial charge in [-0.1, -0.05) is 25.0 Å². The van der Waals surface area contributed by atoms with E-state index in [1.165, 1.54) is 12.8 Å². The van der Waals surface area contributed by atoms with E-state index >= 15 is 0 Å². The van der Waals surface area contributed by atoms with E-state index in [9.17, 15) is 0 Å². The molecule has 0 heterocycles. The molecule has 0 nitrogen and oxygen atoms in total. The first kappa shape index (κ1) is 7.84. The van der Waals surface area contributed by atoms with E-state index in [4.69, 9.17) is 0 Å². The van der Waals surface area contributed by atoms with Crippen LogP contribution >= 0.6 is 0 Å². The van der Waals surface area contributed by atoms with Crippen LogP contribution in [0.3, 0.4) is 0 Å². The maximum atomic E-state index is 2.34. The molecule has 0 radical (unpaired) electrons. The molecule has 0 aliphatic heterocycles. The highest BCUT2D eigenvalue weighted by molar-refractivity contribution is 5.21. The highest BCUT2D eigenvalue weighted by atomic mass is 14.3. The second-order valence-electron chi connectivity index (χ2n) is 3.61. The summed E-state index contributed by atoms with van der Waals surface area (Å²) < 4.78 is 0.